The molecular weight excluding hydrogens is 235 g/mol. The first kappa shape index (κ1) is 14.3. The van der Waals surface area contributed by atoms with Crippen molar-refractivity contribution in [3.63, 3.8) is 0 Å². The van der Waals surface area contributed by atoms with Crippen molar-refractivity contribution in [2.75, 3.05) is 19.7 Å². The Kier molecular flexibility index (Phi) is 5.48. The zero-order valence-corrected chi connectivity index (χ0v) is 10.1. The lowest BCUT2D eigenvalue weighted by molar-refractivity contribution is 0.1000. The molecule has 1 aromatic rings. The summed E-state index contributed by atoms with van der Waals surface area (Å²) in [5.74, 6) is -0.985. The van der Waals surface area contributed by atoms with E-state index in [0.29, 0.717) is 25.2 Å². The highest BCUT2D eigenvalue weighted by molar-refractivity contribution is 5.92. The number of hydrogen-bond acceptors (Lipinski definition) is 3. The average Bonchev–Trinajstić information content (AvgIpc) is 2.32. The fourth-order valence-electron chi connectivity index (χ4n) is 1.65. The Morgan fingerprint density at radius 2 is 2.28 bits per heavy atom. The monoisotopic (exact) mass is 252 g/mol. The van der Waals surface area contributed by atoms with Crippen LogP contribution in [-0.4, -0.2) is 35.6 Å². The maximum atomic E-state index is 13.6. The van der Waals surface area contributed by atoms with Crippen LogP contribution in [0.25, 0.3) is 0 Å². The molecule has 0 saturated carbocycles. The Morgan fingerprint density at radius 3 is 2.83 bits per heavy atom. The van der Waals surface area contributed by atoms with Gasteiger partial charge in [-0.1, -0.05) is 6.08 Å². The number of primary amides is 1. The van der Waals surface area contributed by atoms with Gasteiger partial charge in [-0.05, 0) is 18.2 Å². The van der Waals surface area contributed by atoms with Crippen molar-refractivity contribution in [1.82, 2.24) is 4.90 Å². The van der Waals surface area contributed by atoms with Crippen LogP contribution in [0.5, 0.6) is 0 Å². The molecule has 0 radical (unpaired) electrons. The van der Waals surface area contributed by atoms with E-state index in [4.69, 9.17) is 10.8 Å². The molecule has 0 bridgehead atoms. The number of amides is 1. The predicted molar refractivity (Wildman–Crippen MR) is 67.5 cm³/mol. The van der Waals surface area contributed by atoms with Crippen LogP contribution in [0.3, 0.4) is 0 Å². The van der Waals surface area contributed by atoms with Gasteiger partial charge in [0.15, 0.2) is 0 Å². The quantitative estimate of drug-likeness (QED) is 0.709. The molecule has 1 aromatic carbocycles. The van der Waals surface area contributed by atoms with Gasteiger partial charge in [0.2, 0.25) is 5.91 Å². The average molecular weight is 252 g/mol. The van der Waals surface area contributed by atoms with Crippen molar-refractivity contribution in [2.45, 2.75) is 6.54 Å². The molecule has 0 fully saturated rings. The van der Waals surface area contributed by atoms with Gasteiger partial charge in [-0.25, -0.2) is 4.39 Å². The molecule has 18 heavy (non-hydrogen) atoms. The summed E-state index contributed by atoms with van der Waals surface area (Å²) in [5, 5.41) is 8.91. The van der Waals surface area contributed by atoms with Gasteiger partial charge in [0.25, 0.3) is 0 Å². The number of nitrogens with zero attached hydrogens (tertiary/aromatic N) is 1. The number of rotatable bonds is 7. The predicted octanol–water partition coefficient (Wildman–Crippen LogP) is 0.905. The molecule has 1 rings (SSSR count). The summed E-state index contributed by atoms with van der Waals surface area (Å²) in [6.07, 6.45) is 1.67. The SMILES string of the molecule is C=CCN(CCO)Cc1cc(C(N)=O)ccc1F. The Morgan fingerprint density at radius 1 is 1.56 bits per heavy atom. The third kappa shape index (κ3) is 3.94. The molecule has 98 valence electrons. The Bertz CT molecular complexity index is 435. The number of halogens is 1. The van der Waals surface area contributed by atoms with Crippen LogP contribution in [0.1, 0.15) is 15.9 Å². The minimum atomic E-state index is -0.589. The van der Waals surface area contributed by atoms with Crippen LogP contribution in [0.15, 0.2) is 30.9 Å². The minimum Gasteiger partial charge on any atom is -0.395 e. The van der Waals surface area contributed by atoms with E-state index in [0.717, 1.165) is 0 Å². The number of carbonyl (C=O) groups excluding carboxylic acids is 1. The van der Waals surface area contributed by atoms with Gasteiger partial charge < -0.3 is 10.8 Å². The van der Waals surface area contributed by atoms with Crippen LogP contribution in [0, 0.1) is 5.82 Å². The van der Waals surface area contributed by atoms with E-state index in [1.54, 1.807) is 6.08 Å². The van der Waals surface area contributed by atoms with Crippen LogP contribution >= 0.6 is 0 Å². The van der Waals surface area contributed by atoms with Gasteiger partial charge in [-0.15, -0.1) is 6.58 Å². The van der Waals surface area contributed by atoms with Crippen LogP contribution in [0.2, 0.25) is 0 Å². The summed E-state index contributed by atoms with van der Waals surface area (Å²) in [7, 11) is 0. The fraction of sp³-hybridized carbons (Fsp3) is 0.308. The minimum absolute atomic E-state index is 0.0228. The largest absolute Gasteiger partial charge is 0.395 e. The first-order valence-electron chi connectivity index (χ1n) is 5.60. The van der Waals surface area contributed by atoms with E-state index < -0.39 is 11.7 Å². The second-order valence-electron chi connectivity index (χ2n) is 3.92. The summed E-state index contributed by atoms with van der Waals surface area (Å²) < 4.78 is 13.6. The zero-order chi connectivity index (χ0) is 13.5. The van der Waals surface area contributed by atoms with Gasteiger partial charge in [-0.3, -0.25) is 9.69 Å². The normalized spacial score (nSPS) is 10.6. The standard InChI is InChI=1S/C13H17FN2O2/c1-2-5-16(6-7-17)9-11-8-10(13(15)18)3-4-12(11)14/h2-4,8,17H,1,5-7,9H2,(H2,15,18). The van der Waals surface area contributed by atoms with E-state index in [2.05, 4.69) is 6.58 Å². The molecule has 3 N–H and O–H groups in total. The van der Waals surface area contributed by atoms with Crippen molar-refractivity contribution in [2.24, 2.45) is 5.73 Å². The number of aliphatic hydroxyl groups excluding tert-OH is 1. The molecule has 0 saturated heterocycles. The molecular formula is C13H17FN2O2. The lowest BCUT2D eigenvalue weighted by atomic mass is 10.1. The van der Waals surface area contributed by atoms with Gasteiger partial charge in [-0.2, -0.15) is 0 Å². The van der Waals surface area contributed by atoms with Crippen molar-refractivity contribution in [3.05, 3.63) is 47.8 Å². The zero-order valence-electron chi connectivity index (χ0n) is 10.1. The Labute approximate surface area is 106 Å². The van der Waals surface area contributed by atoms with E-state index in [1.165, 1.54) is 18.2 Å². The molecule has 0 atom stereocenters. The molecule has 5 heteroatoms. The number of hydrogen-bond donors (Lipinski definition) is 2. The lowest BCUT2D eigenvalue weighted by Gasteiger charge is -2.20. The first-order chi connectivity index (χ1) is 8.58. The van der Waals surface area contributed by atoms with Gasteiger partial charge in [0.1, 0.15) is 5.82 Å². The Hall–Kier alpha value is -1.72. The third-order valence-corrected chi connectivity index (χ3v) is 2.53. The van der Waals surface area contributed by atoms with E-state index in [9.17, 15) is 9.18 Å². The van der Waals surface area contributed by atoms with E-state index >= 15 is 0 Å². The molecule has 0 spiro atoms. The molecule has 0 aliphatic rings. The number of benzene rings is 1. The van der Waals surface area contributed by atoms with Gasteiger partial charge in [0, 0.05) is 30.8 Å². The van der Waals surface area contributed by atoms with Gasteiger partial charge in [0.05, 0.1) is 6.61 Å². The Balaban J connectivity index is 2.89. The molecule has 0 aromatic heterocycles. The summed E-state index contributed by atoms with van der Waals surface area (Å²) in [6, 6.07) is 4.01. The molecule has 0 heterocycles. The number of carbonyl (C=O) groups is 1. The molecule has 0 aliphatic heterocycles. The van der Waals surface area contributed by atoms with Crippen molar-refractivity contribution < 1.29 is 14.3 Å². The fourth-order valence-corrected chi connectivity index (χ4v) is 1.65. The topological polar surface area (TPSA) is 66.6 Å². The van der Waals surface area contributed by atoms with Crippen LogP contribution in [0.4, 0.5) is 4.39 Å². The smallest absolute Gasteiger partial charge is 0.248 e. The number of aliphatic hydroxyl groups is 1. The van der Waals surface area contributed by atoms with Crippen molar-refractivity contribution in [1.29, 1.82) is 0 Å². The molecule has 4 nitrogen and oxygen atoms in total. The lowest BCUT2D eigenvalue weighted by Crippen LogP contribution is -2.27. The van der Waals surface area contributed by atoms with E-state index in [1.807, 2.05) is 4.90 Å². The van der Waals surface area contributed by atoms with Crippen molar-refractivity contribution >= 4 is 5.91 Å². The summed E-state index contributed by atoms with van der Waals surface area (Å²) in [6.45, 7) is 4.81. The molecule has 0 unspecified atom stereocenters. The summed E-state index contributed by atoms with van der Waals surface area (Å²) in [4.78, 5) is 12.8. The first-order valence-corrected chi connectivity index (χ1v) is 5.60. The highest BCUT2D eigenvalue weighted by Gasteiger charge is 2.10. The number of nitrogens with two attached hydrogens (primary N) is 1. The maximum absolute atomic E-state index is 13.6. The molecule has 1 amide bonds. The summed E-state index contributed by atoms with van der Waals surface area (Å²) >= 11 is 0. The van der Waals surface area contributed by atoms with Crippen molar-refractivity contribution in [3.8, 4) is 0 Å². The highest BCUT2D eigenvalue weighted by atomic mass is 19.1. The highest BCUT2D eigenvalue weighted by Crippen LogP contribution is 2.13. The van der Waals surface area contributed by atoms with Crippen LogP contribution in [-0.2, 0) is 6.54 Å². The van der Waals surface area contributed by atoms with E-state index in [-0.39, 0.29) is 12.2 Å². The van der Waals surface area contributed by atoms with Gasteiger partial charge >= 0.3 is 0 Å². The second-order valence-corrected chi connectivity index (χ2v) is 3.92. The molecule has 0 aliphatic carbocycles. The maximum Gasteiger partial charge on any atom is 0.248 e. The van der Waals surface area contributed by atoms with Crippen LogP contribution < -0.4 is 5.73 Å². The summed E-state index contributed by atoms with van der Waals surface area (Å²) in [5.41, 5.74) is 5.80. The second kappa shape index (κ2) is 6.88. The third-order valence-electron chi connectivity index (χ3n) is 2.53.